The maximum atomic E-state index is 12.1. The first-order valence-electron chi connectivity index (χ1n) is 5.12. The molecule has 100 valence electrons. The van der Waals surface area contributed by atoms with Crippen LogP contribution in [0.15, 0.2) is 51.8 Å². The van der Waals surface area contributed by atoms with Crippen molar-refractivity contribution in [1.82, 2.24) is 0 Å². The van der Waals surface area contributed by atoms with E-state index in [0.717, 1.165) is 4.47 Å². The molecule has 3 nitrogen and oxygen atoms in total. The van der Waals surface area contributed by atoms with Gasteiger partial charge in [0.05, 0.1) is 15.6 Å². The predicted molar refractivity (Wildman–Crippen MR) is 81.4 cm³/mol. The van der Waals surface area contributed by atoms with Crippen molar-refractivity contribution in [2.45, 2.75) is 4.90 Å². The number of nitrogens with one attached hydrogen (secondary N) is 1. The molecule has 0 aliphatic heterocycles. The quantitative estimate of drug-likeness (QED) is 0.848. The molecule has 0 aromatic heterocycles. The van der Waals surface area contributed by atoms with Crippen LogP contribution in [0.3, 0.4) is 0 Å². The van der Waals surface area contributed by atoms with E-state index in [0.29, 0.717) is 15.7 Å². The van der Waals surface area contributed by atoms with Crippen molar-refractivity contribution >= 4 is 54.8 Å². The molecule has 19 heavy (non-hydrogen) atoms. The summed E-state index contributed by atoms with van der Waals surface area (Å²) < 4.78 is 27.4. The Hall–Kier alpha value is -0.750. The number of rotatable bonds is 3. The fourth-order valence-corrected chi connectivity index (χ4v) is 3.37. The maximum absolute atomic E-state index is 12.1. The normalized spacial score (nSPS) is 11.3. The predicted octanol–water partition coefficient (Wildman–Crippen LogP) is 4.56. The highest BCUT2D eigenvalue weighted by Crippen LogP contribution is 2.28. The fourth-order valence-electron chi connectivity index (χ4n) is 1.39. The number of halogens is 3. The third-order valence-electron chi connectivity index (χ3n) is 2.30. The Balaban J connectivity index is 2.33. The molecule has 0 fully saturated rings. The summed E-state index contributed by atoms with van der Waals surface area (Å²) in [6, 6.07) is 10.8. The van der Waals surface area contributed by atoms with E-state index >= 15 is 0 Å². The van der Waals surface area contributed by atoms with Crippen LogP contribution in [-0.2, 0) is 10.0 Å². The van der Waals surface area contributed by atoms with Gasteiger partial charge in [0.25, 0.3) is 10.0 Å². The zero-order valence-electron chi connectivity index (χ0n) is 9.40. The highest BCUT2D eigenvalue weighted by Gasteiger charge is 2.15. The van der Waals surface area contributed by atoms with Crippen molar-refractivity contribution in [1.29, 1.82) is 0 Å². The Morgan fingerprint density at radius 3 is 2.21 bits per heavy atom. The second kappa shape index (κ2) is 5.71. The van der Waals surface area contributed by atoms with Gasteiger partial charge in [-0.2, -0.15) is 0 Å². The van der Waals surface area contributed by atoms with Crippen molar-refractivity contribution in [2.75, 3.05) is 4.72 Å². The molecule has 0 saturated carbocycles. The third-order valence-corrected chi connectivity index (χ3v) is 4.74. The van der Waals surface area contributed by atoms with Gasteiger partial charge in [-0.05, 0) is 42.5 Å². The van der Waals surface area contributed by atoms with Crippen LogP contribution in [0, 0.1) is 0 Å². The van der Waals surface area contributed by atoms with Crippen molar-refractivity contribution in [3.8, 4) is 0 Å². The number of hydrogen-bond donors (Lipinski definition) is 1. The van der Waals surface area contributed by atoms with E-state index in [4.69, 9.17) is 23.2 Å². The van der Waals surface area contributed by atoms with E-state index < -0.39 is 10.0 Å². The van der Waals surface area contributed by atoms with E-state index in [2.05, 4.69) is 20.7 Å². The van der Waals surface area contributed by atoms with Crippen LogP contribution in [0.1, 0.15) is 0 Å². The van der Waals surface area contributed by atoms with Crippen molar-refractivity contribution in [3.63, 3.8) is 0 Å². The highest BCUT2D eigenvalue weighted by molar-refractivity contribution is 9.10. The average molecular weight is 381 g/mol. The zero-order valence-corrected chi connectivity index (χ0v) is 13.3. The van der Waals surface area contributed by atoms with Crippen LogP contribution < -0.4 is 4.72 Å². The molecule has 2 rings (SSSR count). The molecule has 0 heterocycles. The van der Waals surface area contributed by atoms with Gasteiger partial charge in [-0.25, -0.2) is 8.42 Å². The van der Waals surface area contributed by atoms with E-state index in [1.807, 2.05) is 0 Å². The molecule has 0 atom stereocenters. The standard InChI is InChI=1S/C12H8BrCl2NO2S/c13-8-1-6-12(11(15)7-8)16-19(17,18)10-4-2-9(14)3-5-10/h1-7,16H. The minimum Gasteiger partial charge on any atom is -0.278 e. The third kappa shape index (κ3) is 3.63. The summed E-state index contributed by atoms with van der Waals surface area (Å²) in [5.41, 5.74) is 0.319. The monoisotopic (exact) mass is 379 g/mol. The van der Waals surface area contributed by atoms with Gasteiger partial charge in [0, 0.05) is 9.50 Å². The Morgan fingerprint density at radius 1 is 1.00 bits per heavy atom. The molecule has 2 aromatic rings. The highest BCUT2D eigenvalue weighted by atomic mass is 79.9. The first kappa shape index (κ1) is 14.7. The molecule has 1 N–H and O–H groups in total. The Bertz CT molecular complexity index is 702. The molecule has 0 amide bonds. The smallest absolute Gasteiger partial charge is 0.261 e. The second-order valence-electron chi connectivity index (χ2n) is 3.68. The summed E-state index contributed by atoms with van der Waals surface area (Å²) in [4.78, 5) is 0.121. The topological polar surface area (TPSA) is 46.2 Å². The van der Waals surface area contributed by atoms with Gasteiger partial charge >= 0.3 is 0 Å². The lowest BCUT2D eigenvalue weighted by Gasteiger charge is -2.09. The molecular weight excluding hydrogens is 373 g/mol. The van der Waals surface area contributed by atoms with Crippen molar-refractivity contribution < 1.29 is 8.42 Å². The summed E-state index contributed by atoms with van der Waals surface area (Å²) >= 11 is 14.9. The molecule has 0 radical (unpaired) electrons. The fraction of sp³-hybridized carbons (Fsp3) is 0. The lowest BCUT2D eigenvalue weighted by Crippen LogP contribution is -2.13. The number of benzene rings is 2. The van der Waals surface area contributed by atoms with Gasteiger partial charge < -0.3 is 0 Å². The van der Waals surface area contributed by atoms with Crippen molar-refractivity contribution in [3.05, 3.63) is 57.0 Å². The van der Waals surface area contributed by atoms with Crippen LogP contribution in [0.5, 0.6) is 0 Å². The van der Waals surface area contributed by atoms with Crippen LogP contribution in [0.25, 0.3) is 0 Å². The molecule has 7 heteroatoms. The minimum atomic E-state index is -3.67. The molecule has 0 unspecified atom stereocenters. The maximum Gasteiger partial charge on any atom is 0.261 e. The van der Waals surface area contributed by atoms with Gasteiger partial charge in [-0.1, -0.05) is 39.1 Å². The van der Waals surface area contributed by atoms with Gasteiger partial charge in [-0.3, -0.25) is 4.72 Å². The number of hydrogen-bond acceptors (Lipinski definition) is 2. The van der Waals surface area contributed by atoms with Gasteiger partial charge in [-0.15, -0.1) is 0 Å². The Labute approximate surface area is 129 Å². The lowest BCUT2D eigenvalue weighted by molar-refractivity contribution is 0.601. The molecule has 0 aliphatic carbocycles. The summed E-state index contributed by atoms with van der Waals surface area (Å²) in [6.45, 7) is 0. The first-order chi connectivity index (χ1) is 8.88. The first-order valence-corrected chi connectivity index (χ1v) is 8.15. The van der Waals surface area contributed by atoms with E-state index in [9.17, 15) is 8.42 Å². The Kier molecular flexibility index (Phi) is 4.40. The van der Waals surface area contributed by atoms with Crippen LogP contribution >= 0.6 is 39.1 Å². The SMILES string of the molecule is O=S(=O)(Nc1ccc(Br)cc1Cl)c1ccc(Cl)cc1. The van der Waals surface area contributed by atoms with Crippen LogP contribution in [-0.4, -0.2) is 8.42 Å². The molecule has 0 aliphatic rings. The van der Waals surface area contributed by atoms with Crippen molar-refractivity contribution in [2.24, 2.45) is 0 Å². The van der Waals surface area contributed by atoms with Gasteiger partial charge in [0.15, 0.2) is 0 Å². The van der Waals surface area contributed by atoms with Crippen LogP contribution in [0.2, 0.25) is 10.0 Å². The van der Waals surface area contributed by atoms with Gasteiger partial charge in [0.2, 0.25) is 0 Å². The Morgan fingerprint density at radius 2 is 1.63 bits per heavy atom. The average Bonchev–Trinajstić information content (AvgIpc) is 2.33. The minimum absolute atomic E-state index is 0.121. The number of sulfonamides is 1. The summed E-state index contributed by atoms with van der Waals surface area (Å²) in [5.74, 6) is 0. The molecular formula is C12H8BrCl2NO2S. The summed E-state index contributed by atoms with van der Waals surface area (Å²) in [6.07, 6.45) is 0. The van der Waals surface area contributed by atoms with E-state index in [1.165, 1.54) is 24.3 Å². The second-order valence-corrected chi connectivity index (χ2v) is 7.13. The molecule has 2 aromatic carbocycles. The van der Waals surface area contributed by atoms with Gasteiger partial charge in [0.1, 0.15) is 0 Å². The zero-order chi connectivity index (χ0) is 14.0. The molecule has 0 bridgehead atoms. The summed E-state index contributed by atoms with van der Waals surface area (Å²) in [7, 11) is -3.67. The molecule has 0 saturated heterocycles. The van der Waals surface area contributed by atoms with E-state index in [1.54, 1.807) is 18.2 Å². The molecule has 0 spiro atoms. The lowest BCUT2D eigenvalue weighted by atomic mass is 10.3. The largest absolute Gasteiger partial charge is 0.278 e. The van der Waals surface area contributed by atoms with E-state index in [-0.39, 0.29) is 4.90 Å². The summed E-state index contributed by atoms with van der Waals surface area (Å²) in [5, 5.41) is 0.785. The number of anilines is 1. The van der Waals surface area contributed by atoms with Crippen LogP contribution in [0.4, 0.5) is 5.69 Å².